The molecular formula is C54H38F4N4O7. The molecule has 8 bridgehead atoms. The molecule has 0 amide bonds. The van der Waals surface area contributed by atoms with Gasteiger partial charge in [0.25, 0.3) is 0 Å². The zero-order valence-corrected chi connectivity index (χ0v) is 36.0. The van der Waals surface area contributed by atoms with Gasteiger partial charge in [-0.3, -0.25) is 0 Å². The normalized spacial score (nSPS) is 12.4. The van der Waals surface area contributed by atoms with Gasteiger partial charge in [0, 0.05) is 56.3 Å². The number of aromatic hydroxyl groups is 4. The number of hydrogen-bond acceptors (Lipinski definition) is 9. The molecule has 344 valence electrons. The number of rotatable bonds is 11. The fraction of sp³-hybridized carbons (Fsp3) is 0.0741. The smallest absolute Gasteiger partial charge is 0.204 e. The fourth-order valence-corrected chi connectivity index (χ4v) is 8.48. The summed E-state index contributed by atoms with van der Waals surface area (Å²) >= 11 is 0. The van der Waals surface area contributed by atoms with E-state index in [1.807, 2.05) is 12.1 Å². The Balaban J connectivity index is 1.19. The third-order valence-corrected chi connectivity index (χ3v) is 11.6. The quantitative estimate of drug-likeness (QED) is 0.0288. The molecule has 2 aliphatic rings. The highest BCUT2D eigenvalue weighted by Gasteiger charge is 2.31. The van der Waals surface area contributed by atoms with Crippen molar-refractivity contribution in [3.8, 4) is 73.3 Å². The average Bonchev–Trinajstić information content (AvgIpc) is 4.19. The number of ether oxygens (including phenoxy) is 2. The van der Waals surface area contributed by atoms with Crippen LogP contribution >= 0.6 is 0 Å². The second-order valence-corrected chi connectivity index (χ2v) is 16.1. The molecule has 7 N–H and O–H groups in total. The van der Waals surface area contributed by atoms with Crippen molar-refractivity contribution < 1.29 is 52.6 Å². The van der Waals surface area contributed by atoms with Crippen molar-refractivity contribution in [2.45, 2.75) is 12.7 Å². The molecule has 0 saturated heterocycles. The number of aliphatic hydroxyl groups excluding tert-OH is 1. The van der Waals surface area contributed by atoms with Crippen molar-refractivity contribution in [3.63, 3.8) is 0 Å². The Bertz CT molecular complexity index is 3500. The van der Waals surface area contributed by atoms with Crippen LogP contribution in [0.25, 0.3) is 90.9 Å². The molecule has 3 aromatic heterocycles. The Morgan fingerprint density at radius 3 is 1.28 bits per heavy atom. The first-order chi connectivity index (χ1) is 33.4. The number of H-pyrrole nitrogens is 2. The Labute approximate surface area is 389 Å². The van der Waals surface area contributed by atoms with Crippen LogP contribution in [-0.2, 0) is 4.74 Å². The molecule has 0 saturated carbocycles. The Kier molecular flexibility index (Phi) is 11.7. The molecule has 69 heavy (non-hydrogen) atoms. The summed E-state index contributed by atoms with van der Waals surface area (Å²) in [6, 6.07) is 31.7. The molecule has 10 rings (SSSR count). The van der Waals surface area contributed by atoms with E-state index in [1.54, 1.807) is 72.8 Å². The van der Waals surface area contributed by atoms with Gasteiger partial charge in [0.1, 0.15) is 23.0 Å². The van der Waals surface area contributed by atoms with Crippen LogP contribution in [-0.4, -0.2) is 58.7 Å². The van der Waals surface area contributed by atoms with E-state index in [9.17, 15) is 25.5 Å². The number of aliphatic hydroxyl groups is 1. The number of nitrogens with one attached hydrogen (secondary N) is 2. The molecule has 0 aliphatic carbocycles. The van der Waals surface area contributed by atoms with Crippen LogP contribution in [0.2, 0.25) is 0 Å². The van der Waals surface area contributed by atoms with Gasteiger partial charge in [-0.2, -0.15) is 8.78 Å². The van der Waals surface area contributed by atoms with Crippen molar-refractivity contribution in [2.24, 2.45) is 0 Å². The molecule has 15 heteroatoms. The Hall–Kier alpha value is -8.66. The topological polar surface area (TPSA) is 177 Å². The Morgan fingerprint density at radius 2 is 0.855 bits per heavy atom. The molecule has 0 spiro atoms. The van der Waals surface area contributed by atoms with Crippen molar-refractivity contribution >= 4 is 46.4 Å². The molecule has 8 aromatic rings. The second kappa shape index (κ2) is 18.2. The van der Waals surface area contributed by atoms with Gasteiger partial charge in [-0.05, 0) is 114 Å². The number of fused-ring (bicyclic) bond motifs is 8. The highest BCUT2D eigenvalue weighted by Crippen LogP contribution is 2.43. The number of phenolic OH excluding ortho intramolecular Hbond substituents is 4. The zero-order valence-electron chi connectivity index (χ0n) is 36.0. The van der Waals surface area contributed by atoms with Crippen LogP contribution in [0.4, 0.5) is 17.6 Å². The van der Waals surface area contributed by atoms with Crippen molar-refractivity contribution in [1.29, 1.82) is 0 Å². The lowest BCUT2D eigenvalue weighted by Crippen LogP contribution is -2.11. The molecule has 1 unspecified atom stereocenters. The van der Waals surface area contributed by atoms with E-state index >= 15 is 17.6 Å². The van der Waals surface area contributed by atoms with E-state index in [2.05, 4.69) is 9.97 Å². The highest BCUT2D eigenvalue weighted by molar-refractivity contribution is 6.00. The predicted octanol–water partition coefficient (Wildman–Crippen LogP) is 12.2. The van der Waals surface area contributed by atoms with E-state index in [0.717, 1.165) is 0 Å². The number of phenols is 4. The summed E-state index contributed by atoms with van der Waals surface area (Å²) in [5.74, 6) is -8.58. The van der Waals surface area contributed by atoms with Gasteiger partial charge in [0.15, 0.2) is 23.7 Å². The lowest BCUT2D eigenvalue weighted by atomic mass is 10.0. The number of nitrogens with zero attached hydrogens (tertiary/aromatic N) is 2. The molecule has 0 radical (unpaired) electrons. The van der Waals surface area contributed by atoms with E-state index in [-0.39, 0.29) is 58.5 Å². The van der Waals surface area contributed by atoms with Crippen molar-refractivity contribution in [2.75, 3.05) is 13.2 Å². The number of benzene rings is 5. The first kappa shape index (κ1) is 44.2. The number of aromatic nitrogens is 4. The molecule has 11 nitrogen and oxygen atoms in total. The second-order valence-electron chi connectivity index (χ2n) is 16.1. The monoisotopic (exact) mass is 930 g/mol. The van der Waals surface area contributed by atoms with E-state index in [4.69, 9.17) is 19.4 Å². The van der Waals surface area contributed by atoms with Crippen molar-refractivity contribution in [3.05, 3.63) is 173 Å². The minimum Gasteiger partial charge on any atom is -0.508 e. The lowest BCUT2D eigenvalue weighted by molar-refractivity contribution is -0.105. The predicted molar refractivity (Wildman–Crippen MR) is 255 cm³/mol. The zero-order chi connectivity index (χ0) is 47.9. The Morgan fingerprint density at radius 1 is 0.449 bits per heavy atom. The van der Waals surface area contributed by atoms with Crippen molar-refractivity contribution in [1.82, 2.24) is 19.9 Å². The van der Waals surface area contributed by atoms with E-state index < -0.39 is 47.5 Å². The van der Waals surface area contributed by atoms with Gasteiger partial charge in [0.05, 0.1) is 41.6 Å². The molecule has 2 aliphatic heterocycles. The van der Waals surface area contributed by atoms with E-state index in [0.29, 0.717) is 66.9 Å². The van der Waals surface area contributed by atoms with Gasteiger partial charge in [-0.25, -0.2) is 18.7 Å². The highest BCUT2D eigenvalue weighted by atomic mass is 19.2. The maximum absolute atomic E-state index is 16.8. The van der Waals surface area contributed by atoms with Crippen LogP contribution < -0.4 is 4.74 Å². The third-order valence-electron chi connectivity index (χ3n) is 11.6. The van der Waals surface area contributed by atoms with Gasteiger partial charge >= 0.3 is 0 Å². The number of aromatic amines is 2. The lowest BCUT2D eigenvalue weighted by Gasteiger charge is -2.15. The van der Waals surface area contributed by atoms with Crippen LogP contribution in [0.15, 0.2) is 121 Å². The summed E-state index contributed by atoms with van der Waals surface area (Å²) in [4.78, 5) is 16.6. The first-order valence-electron chi connectivity index (χ1n) is 21.5. The minimum atomic E-state index is -1.81. The maximum atomic E-state index is 16.8. The molecular weight excluding hydrogens is 893 g/mol. The largest absolute Gasteiger partial charge is 0.508 e. The van der Waals surface area contributed by atoms with Crippen LogP contribution in [0.5, 0.6) is 28.7 Å². The van der Waals surface area contributed by atoms with Crippen LogP contribution in [0, 0.1) is 23.3 Å². The number of halogens is 4. The summed E-state index contributed by atoms with van der Waals surface area (Å²) in [5, 5.41) is 51.8. The average molecular weight is 931 g/mol. The minimum absolute atomic E-state index is 0.00569. The van der Waals surface area contributed by atoms with Crippen LogP contribution in [0.3, 0.4) is 0 Å². The molecule has 1 atom stereocenters. The standard InChI is InChI=1S/C54H38F4N4O7/c55-49-48(50(56)52(58)53(51(49)57)68-23-4-24-69-54(67)28-11-13-32(63)14-12-28)47-42-21-19-40(61-42)45(30-6-2-9-34(65)26-30)38-17-15-36(59-38)44(29-5-1-8-33(64)25-29)37-16-18-39(60-37)46(41-20-22-43(47)62-41)31-7-3-10-35(66)27-31/h1-3,5-22,25-27,54,59,62-67H,4,23-24H2. The summed E-state index contributed by atoms with van der Waals surface area (Å²) < 4.78 is 76.6. The van der Waals surface area contributed by atoms with E-state index in [1.165, 1.54) is 60.7 Å². The van der Waals surface area contributed by atoms with Gasteiger partial charge < -0.3 is 45.0 Å². The summed E-state index contributed by atoms with van der Waals surface area (Å²) in [6.45, 7) is -0.622. The van der Waals surface area contributed by atoms with Crippen LogP contribution in [0.1, 0.15) is 41.1 Å². The summed E-state index contributed by atoms with van der Waals surface area (Å²) in [7, 11) is 0. The summed E-state index contributed by atoms with van der Waals surface area (Å²) in [6.07, 6.45) is 5.14. The first-order valence-corrected chi connectivity index (χ1v) is 21.5. The SMILES string of the molecule is Oc1ccc(C(O)OCCCOc2c(F)c(F)c(-c3c4nc(c(-c5cccc(O)c5)c5ccc([nH]5)c(-c5cccc(O)c5)c5nc(c(-c6cccc(O)c6)c6ccc3[nH]6)C=C5)C=C4)c(F)c2F)cc1. The number of hydrogen-bond donors (Lipinski definition) is 7. The fourth-order valence-electron chi connectivity index (χ4n) is 8.48. The summed E-state index contributed by atoms with van der Waals surface area (Å²) in [5.41, 5.74) is 4.42. The molecule has 0 fully saturated rings. The maximum Gasteiger partial charge on any atom is 0.204 e. The third kappa shape index (κ3) is 8.52. The van der Waals surface area contributed by atoms with Gasteiger partial charge in [-0.1, -0.05) is 48.5 Å². The molecule has 5 aromatic carbocycles. The molecule has 5 heterocycles. The van der Waals surface area contributed by atoms with Gasteiger partial charge in [-0.15, -0.1) is 0 Å². The van der Waals surface area contributed by atoms with Gasteiger partial charge in [0.2, 0.25) is 11.6 Å².